The number of benzene rings is 2. The first-order valence-corrected chi connectivity index (χ1v) is 6.40. The van der Waals surface area contributed by atoms with Crippen molar-refractivity contribution < 1.29 is 14.5 Å². The number of nitro benzene ring substituents is 1. The third kappa shape index (κ3) is 3.66. The molecule has 2 rings (SSSR count). The normalized spacial score (nSPS) is 9.86. The minimum Gasteiger partial charge on any atom is -0.325 e. The second-order valence-corrected chi connectivity index (χ2v) is 4.49. The standard InChI is InChI=1S/C15H13N3O4/c1-10(19)16-13-7-2-3-8-14(13)17-15(20)11-5-4-6-12(9-11)18(21)22/h2-9H,1H3,(H,16,19)(H,17,20). The molecule has 0 saturated heterocycles. The van der Waals surface area contributed by atoms with Gasteiger partial charge in [-0.1, -0.05) is 18.2 Å². The highest BCUT2D eigenvalue weighted by molar-refractivity contribution is 6.07. The van der Waals surface area contributed by atoms with E-state index in [0.717, 1.165) is 0 Å². The van der Waals surface area contributed by atoms with E-state index in [1.54, 1.807) is 24.3 Å². The van der Waals surface area contributed by atoms with Crippen molar-refractivity contribution in [1.29, 1.82) is 0 Å². The van der Waals surface area contributed by atoms with Crippen LogP contribution in [0.15, 0.2) is 48.5 Å². The molecule has 2 N–H and O–H groups in total. The van der Waals surface area contributed by atoms with Crippen molar-refractivity contribution in [3.8, 4) is 0 Å². The number of carbonyl (C=O) groups is 2. The van der Waals surface area contributed by atoms with E-state index in [0.29, 0.717) is 11.4 Å². The molecule has 7 nitrogen and oxygen atoms in total. The Balaban J connectivity index is 2.24. The molecule has 0 aliphatic heterocycles. The Morgan fingerprint density at radius 2 is 1.64 bits per heavy atom. The first-order valence-electron chi connectivity index (χ1n) is 6.40. The van der Waals surface area contributed by atoms with Crippen LogP contribution in [0.25, 0.3) is 0 Å². The highest BCUT2D eigenvalue weighted by atomic mass is 16.6. The molecule has 0 aliphatic carbocycles. The van der Waals surface area contributed by atoms with E-state index in [4.69, 9.17) is 0 Å². The summed E-state index contributed by atoms with van der Waals surface area (Å²) < 4.78 is 0. The monoisotopic (exact) mass is 299 g/mol. The third-order valence-electron chi connectivity index (χ3n) is 2.81. The van der Waals surface area contributed by atoms with Crippen LogP contribution in [0.3, 0.4) is 0 Å². The number of nitrogens with one attached hydrogen (secondary N) is 2. The van der Waals surface area contributed by atoms with Crippen LogP contribution in [-0.4, -0.2) is 16.7 Å². The van der Waals surface area contributed by atoms with Crippen molar-refractivity contribution >= 4 is 28.9 Å². The summed E-state index contributed by atoms with van der Waals surface area (Å²) in [6, 6.07) is 12.1. The molecule has 0 atom stereocenters. The van der Waals surface area contributed by atoms with Crippen molar-refractivity contribution in [3.05, 3.63) is 64.2 Å². The van der Waals surface area contributed by atoms with Gasteiger partial charge in [0.1, 0.15) is 0 Å². The van der Waals surface area contributed by atoms with Crippen LogP contribution in [0.2, 0.25) is 0 Å². The Bertz CT molecular complexity index is 743. The summed E-state index contributed by atoms with van der Waals surface area (Å²) in [7, 11) is 0. The average Bonchev–Trinajstić information content (AvgIpc) is 2.49. The minimum atomic E-state index is -0.567. The van der Waals surface area contributed by atoms with Gasteiger partial charge in [0.05, 0.1) is 16.3 Å². The van der Waals surface area contributed by atoms with Gasteiger partial charge in [-0.05, 0) is 18.2 Å². The fraction of sp³-hybridized carbons (Fsp3) is 0.0667. The van der Waals surface area contributed by atoms with Gasteiger partial charge in [-0.25, -0.2) is 0 Å². The Morgan fingerprint density at radius 3 is 2.23 bits per heavy atom. The number of hydrogen-bond donors (Lipinski definition) is 2. The second kappa shape index (κ2) is 6.49. The van der Waals surface area contributed by atoms with Gasteiger partial charge in [0, 0.05) is 24.6 Å². The predicted molar refractivity (Wildman–Crippen MR) is 81.8 cm³/mol. The first kappa shape index (κ1) is 15.2. The van der Waals surface area contributed by atoms with E-state index in [9.17, 15) is 19.7 Å². The van der Waals surface area contributed by atoms with Gasteiger partial charge in [0.25, 0.3) is 11.6 Å². The van der Waals surface area contributed by atoms with Crippen LogP contribution in [0, 0.1) is 10.1 Å². The molecule has 22 heavy (non-hydrogen) atoms. The molecule has 2 aromatic rings. The summed E-state index contributed by atoms with van der Waals surface area (Å²) in [4.78, 5) is 33.5. The number of non-ortho nitro benzene ring substituents is 1. The minimum absolute atomic E-state index is 0.159. The highest BCUT2D eigenvalue weighted by Crippen LogP contribution is 2.22. The van der Waals surface area contributed by atoms with Crippen molar-refractivity contribution in [2.45, 2.75) is 6.92 Å². The molecule has 0 aromatic heterocycles. The molecule has 0 unspecified atom stereocenters. The molecule has 0 heterocycles. The maximum Gasteiger partial charge on any atom is 0.270 e. The molecule has 2 amide bonds. The van der Waals surface area contributed by atoms with Gasteiger partial charge in [0.15, 0.2) is 0 Å². The number of amides is 2. The zero-order valence-electron chi connectivity index (χ0n) is 11.7. The number of rotatable bonds is 4. The molecule has 7 heteroatoms. The lowest BCUT2D eigenvalue weighted by molar-refractivity contribution is -0.384. The maximum atomic E-state index is 12.2. The van der Waals surface area contributed by atoms with Crippen molar-refractivity contribution in [2.75, 3.05) is 10.6 Å². The molecule has 0 spiro atoms. The Labute approximate surface area is 126 Å². The molecular formula is C15H13N3O4. The number of hydrogen-bond acceptors (Lipinski definition) is 4. The van der Waals surface area contributed by atoms with Crippen molar-refractivity contribution in [3.63, 3.8) is 0 Å². The SMILES string of the molecule is CC(=O)Nc1ccccc1NC(=O)c1cccc([N+](=O)[O-])c1. The van der Waals surface area contributed by atoms with E-state index in [-0.39, 0.29) is 17.2 Å². The largest absolute Gasteiger partial charge is 0.325 e. The molecule has 0 fully saturated rings. The lowest BCUT2D eigenvalue weighted by Gasteiger charge is -2.11. The number of nitrogens with zero attached hydrogens (tertiary/aromatic N) is 1. The fourth-order valence-corrected chi connectivity index (χ4v) is 1.85. The van der Waals surface area contributed by atoms with Crippen molar-refractivity contribution in [1.82, 2.24) is 0 Å². The quantitative estimate of drug-likeness (QED) is 0.669. The van der Waals surface area contributed by atoms with E-state index in [1.807, 2.05) is 0 Å². The topological polar surface area (TPSA) is 101 Å². The summed E-state index contributed by atoms with van der Waals surface area (Å²) >= 11 is 0. The summed E-state index contributed by atoms with van der Waals surface area (Å²) in [5.74, 6) is -0.765. The van der Waals surface area contributed by atoms with Crippen LogP contribution in [0.5, 0.6) is 0 Å². The molecule has 0 bridgehead atoms. The van der Waals surface area contributed by atoms with Crippen LogP contribution < -0.4 is 10.6 Å². The van der Waals surface area contributed by atoms with E-state index >= 15 is 0 Å². The van der Waals surface area contributed by atoms with Gasteiger partial charge in [-0.15, -0.1) is 0 Å². The Hall–Kier alpha value is -3.22. The van der Waals surface area contributed by atoms with Crippen LogP contribution in [0.1, 0.15) is 17.3 Å². The molecule has 0 radical (unpaired) electrons. The van der Waals surface area contributed by atoms with Gasteiger partial charge in [0.2, 0.25) is 5.91 Å². The number of carbonyl (C=O) groups excluding carboxylic acids is 2. The Morgan fingerprint density at radius 1 is 1.00 bits per heavy atom. The average molecular weight is 299 g/mol. The second-order valence-electron chi connectivity index (χ2n) is 4.49. The van der Waals surface area contributed by atoms with Gasteiger partial charge >= 0.3 is 0 Å². The molecule has 112 valence electrons. The van der Waals surface area contributed by atoms with E-state index < -0.39 is 10.8 Å². The van der Waals surface area contributed by atoms with Crippen LogP contribution in [0.4, 0.5) is 17.1 Å². The Kier molecular flexibility index (Phi) is 4.47. The zero-order valence-corrected chi connectivity index (χ0v) is 11.7. The van der Waals surface area contributed by atoms with E-state index in [1.165, 1.54) is 31.2 Å². The summed E-state index contributed by atoms with van der Waals surface area (Å²) in [5.41, 5.74) is 0.859. The third-order valence-corrected chi connectivity index (χ3v) is 2.81. The van der Waals surface area contributed by atoms with E-state index in [2.05, 4.69) is 10.6 Å². The fourth-order valence-electron chi connectivity index (χ4n) is 1.85. The molecule has 0 saturated carbocycles. The smallest absolute Gasteiger partial charge is 0.270 e. The predicted octanol–water partition coefficient (Wildman–Crippen LogP) is 2.81. The van der Waals surface area contributed by atoms with Gasteiger partial charge < -0.3 is 10.6 Å². The summed E-state index contributed by atoms with van der Waals surface area (Å²) in [6.45, 7) is 1.36. The highest BCUT2D eigenvalue weighted by Gasteiger charge is 2.13. The van der Waals surface area contributed by atoms with Crippen LogP contribution >= 0.6 is 0 Å². The van der Waals surface area contributed by atoms with Crippen molar-refractivity contribution in [2.24, 2.45) is 0 Å². The van der Waals surface area contributed by atoms with Gasteiger partial charge in [-0.3, -0.25) is 19.7 Å². The zero-order chi connectivity index (χ0) is 16.1. The molecule has 2 aromatic carbocycles. The lowest BCUT2D eigenvalue weighted by Crippen LogP contribution is -2.15. The number of anilines is 2. The maximum absolute atomic E-state index is 12.2. The number of nitro groups is 1. The van der Waals surface area contributed by atoms with Gasteiger partial charge in [-0.2, -0.15) is 0 Å². The summed E-state index contributed by atoms with van der Waals surface area (Å²) in [6.07, 6.45) is 0. The summed E-state index contributed by atoms with van der Waals surface area (Å²) in [5, 5.41) is 16.0. The number of para-hydroxylation sites is 2. The van der Waals surface area contributed by atoms with Crippen LogP contribution in [-0.2, 0) is 4.79 Å². The lowest BCUT2D eigenvalue weighted by atomic mass is 10.1. The molecule has 0 aliphatic rings. The first-order chi connectivity index (χ1) is 10.5. The molecular weight excluding hydrogens is 286 g/mol.